The molecule has 1 rings (SSSR count). The van der Waals surface area contributed by atoms with Crippen LogP contribution < -0.4 is 0 Å². The summed E-state index contributed by atoms with van der Waals surface area (Å²) >= 11 is 0. The van der Waals surface area contributed by atoms with E-state index in [4.69, 9.17) is 4.74 Å². The summed E-state index contributed by atoms with van der Waals surface area (Å²) in [5, 5.41) is 0. The number of ether oxygens (including phenoxy) is 1. The molecular weight excluding hydrogens is 162 g/mol. The van der Waals surface area contributed by atoms with Crippen LogP contribution in [-0.2, 0) is 4.74 Å². The molecule has 13 heavy (non-hydrogen) atoms. The predicted octanol–water partition coefficient (Wildman–Crippen LogP) is 1.92. The Kier molecular flexibility index (Phi) is 3.94. The first-order chi connectivity index (χ1) is 6.11. The molecule has 1 aliphatic rings. The lowest BCUT2D eigenvalue weighted by atomic mass is 10.0. The zero-order valence-corrected chi connectivity index (χ0v) is 9.05. The minimum Gasteiger partial charge on any atom is -0.378 e. The third-order valence-corrected chi connectivity index (χ3v) is 2.85. The van der Waals surface area contributed by atoms with Crippen molar-refractivity contribution in [3.63, 3.8) is 0 Å². The van der Waals surface area contributed by atoms with Gasteiger partial charge >= 0.3 is 0 Å². The van der Waals surface area contributed by atoms with Crippen LogP contribution in [0.1, 0.15) is 20.3 Å². The topological polar surface area (TPSA) is 12.5 Å². The second-order valence-corrected chi connectivity index (χ2v) is 4.23. The van der Waals surface area contributed by atoms with E-state index in [-0.39, 0.29) is 0 Å². The van der Waals surface area contributed by atoms with Crippen molar-refractivity contribution in [3.8, 4) is 0 Å². The van der Waals surface area contributed by atoms with E-state index in [0.29, 0.717) is 12.0 Å². The van der Waals surface area contributed by atoms with Gasteiger partial charge in [-0.05, 0) is 19.4 Å². The SMILES string of the molecule is C=C(CCN(C)C1COC1)C(C)C. The molecular formula is C11H21NO. The van der Waals surface area contributed by atoms with Gasteiger partial charge in [-0.25, -0.2) is 0 Å². The van der Waals surface area contributed by atoms with Crippen LogP contribution in [0.2, 0.25) is 0 Å². The molecule has 2 nitrogen and oxygen atoms in total. The minimum atomic E-state index is 0.617. The van der Waals surface area contributed by atoms with E-state index in [9.17, 15) is 0 Å². The molecule has 0 aliphatic carbocycles. The van der Waals surface area contributed by atoms with E-state index in [1.807, 2.05) is 0 Å². The van der Waals surface area contributed by atoms with Gasteiger partial charge in [-0.2, -0.15) is 0 Å². The Morgan fingerprint density at radius 1 is 1.54 bits per heavy atom. The number of rotatable bonds is 5. The van der Waals surface area contributed by atoms with Crippen molar-refractivity contribution >= 4 is 0 Å². The Balaban J connectivity index is 2.13. The van der Waals surface area contributed by atoms with Gasteiger partial charge in [0, 0.05) is 6.54 Å². The Morgan fingerprint density at radius 3 is 2.54 bits per heavy atom. The van der Waals surface area contributed by atoms with Gasteiger partial charge in [-0.3, -0.25) is 4.90 Å². The van der Waals surface area contributed by atoms with Crippen molar-refractivity contribution in [3.05, 3.63) is 12.2 Å². The largest absolute Gasteiger partial charge is 0.378 e. The normalized spacial score (nSPS) is 17.9. The third-order valence-electron chi connectivity index (χ3n) is 2.85. The molecule has 0 saturated carbocycles. The first-order valence-corrected chi connectivity index (χ1v) is 5.07. The standard InChI is InChI=1S/C11H21NO/c1-9(2)10(3)5-6-12(4)11-7-13-8-11/h9,11H,3,5-8H2,1-2,4H3. The van der Waals surface area contributed by atoms with Gasteiger partial charge in [0.15, 0.2) is 0 Å². The summed E-state index contributed by atoms with van der Waals surface area (Å²) in [6.07, 6.45) is 1.12. The zero-order chi connectivity index (χ0) is 9.84. The van der Waals surface area contributed by atoms with Gasteiger partial charge in [0.2, 0.25) is 0 Å². The molecule has 0 radical (unpaired) electrons. The fraction of sp³-hybridized carbons (Fsp3) is 0.818. The molecule has 0 amide bonds. The highest BCUT2D eigenvalue weighted by Crippen LogP contribution is 2.14. The maximum Gasteiger partial charge on any atom is 0.0645 e. The van der Waals surface area contributed by atoms with Gasteiger partial charge in [-0.15, -0.1) is 0 Å². The molecule has 0 bridgehead atoms. The van der Waals surface area contributed by atoms with Gasteiger partial charge in [-0.1, -0.05) is 26.0 Å². The maximum atomic E-state index is 5.15. The molecule has 1 fully saturated rings. The van der Waals surface area contributed by atoms with Crippen molar-refractivity contribution in [1.82, 2.24) is 4.90 Å². The number of hydrogen-bond donors (Lipinski definition) is 0. The van der Waals surface area contributed by atoms with Crippen molar-refractivity contribution < 1.29 is 4.74 Å². The van der Waals surface area contributed by atoms with E-state index in [1.54, 1.807) is 0 Å². The van der Waals surface area contributed by atoms with Gasteiger partial charge in [0.1, 0.15) is 0 Å². The van der Waals surface area contributed by atoms with Crippen LogP contribution in [0.5, 0.6) is 0 Å². The summed E-state index contributed by atoms with van der Waals surface area (Å²) < 4.78 is 5.15. The fourth-order valence-corrected chi connectivity index (χ4v) is 1.27. The lowest BCUT2D eigenvalue weighted by Gasteiger charge is -2.34. The quantitative estimate of drug-likeness (QED) is 0.604. The fourth-order valence-electron chi connectivity index (χ4n) is 1.27. The summed E-state index contributed by atoms with van der Waals surface area (Å²) in [5.74, 6) is 0.617. The lowest BCUT2D eigenvalue weighted by molar-refractivity contribution is -0.0556. The molecule has 1 saturated heterocycles. The van der Waals surface area contributed by atoms with Crippen molar-refractivity contribution in [2.45, 2.75) is 26.3 Å². The third kappa shape index (κ3) is 3.12. The number of nitrogens with zero attached hydrogens (tertiary/aromatic N) is 1. The molecule has 0 atom stereocenters. The first-order valence-electron chi connectivity index (χ1n) is 5.07. The monoisotopic (exact) mass is 183 g/mol. The summed E-state index contributed by atoms with van der Waals surface area (Å²) in [6, 6.07) is 0.653. The van der Waals surface area contributed by atoms with Gasteiger partial charge < -0.3 is 4.74 Å². The van der Waals surface area contributed by atoms with Crippen LogP contribution >= 0.6 is 0 Å². The number of likely N-dealkylation sites (N-methyl/N-ethyl adjacent to an activating group) is 1. The van der Waals surface area contributed by atoms with Crippen molar-refractivity contribution in [1.29, 1.82) is 0 Å². The first kappa shape index (κ1) is 10.7. The van der Waals surface area contributed by atoms with Gasteiger partial charge in [0.25, 0.3) is 0 Å². The van der Waals surface area contributed by atoms with Crippen LogP contribution in [0, 0.1) is 5.92 Å². The summed E-state index contributed by atoms with van der Waals surface area (Å²) in [6.45, 7) is 11.4. The molecule has 0 N–H and O–H groups in total. The van der Waals surface area contributed by atoms with Crippen LogP contribution in [0.15, 0.2) is 12.2 Å². The Labute approximate surface area is 81.6 Å². The molecule has 2 heteroatoms. The van der Waals surface area contributed by atoms with E-state index in [2.05, 4.69) is 32.4 Å². The van der Waals surface area contributed by atoms with E-state index in [1.165, 1.54) is 5.57 Å². The smallest absolute Gasteiger partial charge is 0.0645 e. The molecule has 0 aromatic heterocycles. The molecule has 1 aliphatic heterocycles. The average Bonchev–Trinajstić information content (AvgIpc) is 1.96. The minimum absolute atomic E-state index is 0.617. The highest BCUT2D eigenvalue weighted by atomic mass is 16.5. The van der Waals surface area contributed by atoms with Crippen molar-refractivity contribution in [2.24, 2.45) is 5.92 Å². The maximum absolute atomic E-state index is 5.15. The second-order valence-electron chi connectivity index (χ2n) is 4.23. The number of hydrogen-bond acceptors (Lipinski definition) is 2. The van der Waals surface area contributed by atoms with Gasteiger partial charge in [0.05, 0.1) is 19.3 Å². The summed E-state index contributed by atoms with van der Waals surface area (Å²) in [4.78, 5) is 2.37. The van der Waals surface area contributed by atoms with Crippen LogP contribution in [-0.4, -0.2) is 37.7 Å². The zero-order valence-electron chi connectivity index (χ0n) is 9.05. The average molecular weight is 183 g/mol. The Bertz CT molecular complexity index is 173. The molecule has 76 valence electrons. The van der Waals surface area contributed by atoms with E-state index < -0.39 is 0 Å². The molecule has 0 unspecified atom stereocenters. The Hall–Kier alpha value is -0.340. The lowest BCUT2D eigenvalue weighted by Crippen LogP contribution is -2.47. The predicted molar refractivity (Wildman–Crippen MR) is 55.8 cm³/mol. The highest BCUT2D eigenvalue weighted by Gasteiger charge is 2.22. The van der Waals surface area contributed by atoms with Crippen LogP contribution in [0.4, 0.5) is 0 Å². The van der Waals surface area contributed by atoms with E-state index >= 15 is 0 Å². The summed E-state index contributed by atoms with van der Waals surface area (Å²) in [5.41, 5.74) is 1.35. The van der Waals surface area contributed by atoms with Crippen molar-refractivity contribution in [2.75, 3.05) is 26.8 Å². The summed E-state index contributed by atoms with van der Waals surface area (Å²) in [7, 11) is 2.17. The second kappa shape index (κ2) is 4.77. The van der Waals surface area contributed by atoms with Crippen LogP contribution in [0.3, 0.4) is 0 Å². The molecule has 0 spiro atoms. The highest BCUT2D eigenvalue weighted by molar-refractivity contribution is 4.98. The van der Waals surface area contributed by atoms with Crippen LogP contribution in [0.25, 0.3) is 0 Å². The van der Waals surface area contributed by atoms with E-state index in [0.717, 1.165) is 26.2 Å². The molecule has 0 aromatic rings. The Morgan fingerprint density at radius 2 is 2.15 bits per heavy atom. The molecule has 0 aromatic carbocycles. The molecule has 1 heterocycles.